The quantitative estimate of drug-likeness (QED) is 0.285. The number of benzene rings is 4. The molecule has 4 aromatic rings. The van der Waals surface area contributed by atoms with Crippen molar-refractivity contribution in [2.45, 2.75) is 13.8 Å². The maximum Gasteiger partial charge on any atom is 0.277 e. The topological polar surface area (TPSA) is 61.6 Å². The highest BCUT2D eigenvalue weighted by molar-refractivity contribution is 6.08. The molecule has 4 aromatic carbocycles. The van der Waals surface area contributed by atoms with Gasteiger partial charge in [-0.05, 0) is 65.4 Å². The van der Waals surface area contributed by atoms with E-state index in [2.05, 4.69) is 6.07 Å². The van der Waals surface area contributed by atoms with Crippen molar-refractivity contribution in [3.63, 3.8) is 0 Å². The second-order valence-electron chi connectivity index (χ2n) is 6.66. The van der Waals surface area contributed by atoms with Gasteiger partial charge in [0.25, 0.3) is 5.69 Å². The smallest absolute Gasteiger partial charge is 0.277 e. The molecule has 0 saturated heterocycles. The summed E-state index contributed by atoms with van der Waals surface area (Å²) >= 11 is 0. The van der Waals surface area contributed by atoms with E-state index < -0.39 is 0 Å². The summed E-state index contributed by atoms with van der Waals surface area (Å²) in [6.07, 6.45) is 0. The fourth-order valence-electron chi connectivity index (χ4n) is 3.73. The molecule has 146 valence electrons. The van der Waals surface area contributed by atoms with Crippen LogP contribution in [0.25, 0.3) is 32.7 Å². The van der Waals surface area contributed by atoms with Crippen LogP contribution in [0.3, 0.4) is 0 Å². The van der Waals surface area contributed by atoms with E-state index in [1.165, 1.54) is 6.07 Å². The Kier molecular flexibility index (Phi) is 5.04. The average Bonchev–Trinajstić information content (AvgIpc) is 2.72. The first-order valence-electron chi connectivity index (χ1n) is 9.62. The van der Waals surface area contributed by atoms with Gasteiger partial charge in [0.05, 0.1) is 23.5 Å². The van der Waals surface area contributed by atoms with Crippen LogP contribution in [0.1, 0.15) is 13.8 Å². The zero-order valence-electron chi connectivity index (χ0n) is 16.3. The maximum atomic E-state index is 11.6. The second kappa shape index (κ2) is 7.80. The third-order valence-electron chi connectivity index (χ3n) is 4.89. The van der Waals surface area contributed by atoms with Crippen LogP contribution in [0, 0.1) is 10.1 Å². The van der Waals surface area contributed by atoms with Crippen molar-refractivity contribution in [3.05, 3.63) is 76.8 Å². The summed E-state index contributed by atoms with van der Waals surface area (Å²) in [6, 6.07) is 20.9. The normalized spacial score (nSPS) is 11.0. The van der Waals surface area contributed by atoms with E-state index in [0.29, 0.717) is 24.3 Å². The summed E-state index contributed by atoms with van der Waals surface area (Å²) < 4.78 is 11.5. The number of nitro benzene ring substituents is 1. The van der Waals surface area contributed by atoms with E-state index in [-0.39, 0.29) is 10.6 Å². The highest BCUT2D eigenvalue weighted by Gasteiger charge is 2.18. The van der Waals surface area contributed by atoms with Crippen LogP contribution in [0.4, 0.5) is 5.69 Å². The number of non-ortho nitro benzene ring substituents is 1. The summed E-state index contributed by atoms with van der Waals surface area (Å²) in [6.45, 7) is 4.88. The number of rotatable bonds is 6. The van der Waals surface area contributed by atoms with Gasteiger partial charge in [-0.25, -0.2) is 0 Å². The van der Waals surface area contributed by atoms with Crippen LogP contribution in [-0.4, -0.2) is 18.1 Å². The van der Waals surface area contributed by atoms with Crippen molar-refractivity contribution in [2.75, 3.05) is 13.2 Å². The maximum absolute atomic E-state index is 11.6. The van der Waals surface area contributed by atoms with E-state index in [0.717, 1.165) is 33.0 Å². The fraction of sp³-hybridized carbons (Fsp3) is 0.167. The van der Waals surface area contributed by atoms with E-state index in [4.69, 9.17) is 9.47 Å². The van der Waals surface area contributed by atoms with Gasteiger partial charge in [-0.3, -0.25) is 10.1 Å². The highest BCUT2D eigenvalue weighted by Crippen LogP contribution is 2.41. The molecule has 0 bridgehead atoms. The molecule has 29 heavy (non-hydrogen) atoms. The molecule has 0 spiro atoms. The van der Waals surface area contributed by atoms with E-state index in [9.17, 15) is 10.1 Å². The molecule has 0 unspecified atom stereocenters. The molecule has 0 radical (unpaired) electrons. The molecule has 0 aliphatic rings. The zero-order chi connectivity index (χ0) is 20.4. The summed E-state index contributed by atoms with van der Waals surface area (Å²) in [5, 5.41) is 15.1. The first kappa shape index (κ1) is 18.7. The average molecular weight is 387 g/mol. The van der Waals surface area contributed by atoms with Crippen LogP contribution < -0.4 is 9.47 Å². The van der Waals surface area contributed by atoms with Crippen LogP contribution in [-0.2, 0) is 0 Å². The Labute approximate surface area is 168 Å². The van der Waals surface area contributed by atoms with E-state index >= 15 is 0 Å². The minimum atomic E-state index is -0.351. The van der Waals surface area contributed by atoms with E-state index in [1.807, 2.05) is 56.3 Å². The first-order chi connectivity index (χ1) is 14.1. The van der Waals surface area contributed by atoms with Gasteiger partial charge in [-0.15, -0.1) is 0 Å². The van der Waals surface area contributed by atoms with Crippen molar-refractivity contribution in [3.8, 4) is 22.6 Å². The summed E-state index contributed by atoms with van der Waals surface area (Å²) in [7, 11) is 0. The Bertz CT molecular complexity index is 1220. The third kappa shape index (κ3) is 3.47. The molecule has 0 aliphatic carbocycles. The van der Waals surface area contributed by atoms with E-state index in [1.54, 1.807) is 12.1 Å². The third-order valence-corrected chi connectivity index (χ3v) is 4.89. The molecule has 0 fully saturated rings. The van der Waals surface area contributed by atoms with Crippen LogP contribution >= 0.6 is 0 Å². The van der Waals surface area contributed by atoms with Crippen molar-refractivity contribution in [1.82, 2.24) is 0 Å². The summed E-state index contributed by atoms with van der Waals surface area (Å²) in [5.74, 6) is 1.37. The Morgan fingerprint density at radius 2 is 1.38 bits per heavy atom. The molecule has 0 N–H and O–H groups in total. The molecule has 0 amide bonds. The molecule has 0 aromatic heterocycles. The molecular formula is C24H21NO4. The van der Waals surface area contributed by atoms with Crippen molar-refractivity contribution < 1.29 is 14.4 Å². The molecule has 0 saturated carbocycles. The lowest BCUT2D eigenvalue weighted by molar-refractivity contribution is -0.383. The number of hydrogen-bond donors (Lipinski definition) is 0. The van der Waals surface area contributed by atoms with Gasteiger partial charge in [0, 0.05) is 6.07 Å². The lowest BCUT2D eigenvalue weighted by Crippen LogP contribution is -1.96. The van der Waals surface area contributed by atoms with Gasteiger partial charge in [-0.1, -0.05) is 36.4 Å². The Morgan fingerprint density at radius 1 is 0.759 bits per heavy atom. The fourth-order valence-corrected chi connectivity index (χ4v) is 3.73. The largest absolute Gasteiger partial charge is 0.494 e. The summed E-state index contributed by atoms with van der Waals surface area (Å²) in [5.41, 5.74) is 1.90. The van der Waals surface area contributed by atoms with Crippen LogP contribution in [0.15, 0.2) is 66.7 Å². The van der Waals surface area contributed by atoms with Crippen LogP contribution in [0.5, 0.6) is 11.5 Å². The molecule has 0 aliphatic heterocycles. The van der Waals surface area contributed by atoms with Crippen LogP contribution in [0.2, 0.25) is 0 Å². The first-order valence-corrected chi connectivity index (χ1v) is 9.62. The number of ether oxygens (including phenoxy) is 2. The molecule has 4 rings (SSSR count). The molecule has 0 heterocycles. The summed E-state index contributed by atoms with van der Waals surface area (Å²) in [4.78, 5) is 11.3. The SMILES string of the molecule is CCOc1cc(-c2cc(OCC)cc3c([N+](=O)[O-])cccc23)c2ccccc2c1. The van der Waals surface area contributed by atoms with Crippen molar-refractivity contribution in [1.29, 1.82) is 0 Å². The van der Waals surface area contributed by atoms with Gasteiger partial charge in [0.15, 0.2) is 0 Å². The van der Waals surface area contributed by atoms with Crippen molar-refractivity contribution in [2.24, 2.45) is 0 Å². The Balaban J connectivity index is 2.10. The molecule has 5 nitrogen and oxygen atoms in total. The monoisotopic (exact) mass is 387 g/mol. The van der Waals surface area contributed by atoms with Gasteiger partial charge < -0.3 is 9.47 Å². The Hall–Kier alpha value is -3.60. The minimum absolute atomic E-state index is 0.0653. The zero-order valence-corrected chi connectivity index (χ0v) is 16.3. The number of hydrogen-bond acceptors (Lipinski definition) is 4. The highest BCUT2D eigenvalue weighted by atomic mass is 16.6. The molecule has 0 atom stereocenters. The van der Waals surface area contributed by atoms with Gasteiger partial charge in [-0.2, -0.15) is 0 Å². The number of nitrogens with zero attached hydrogens (tertiary/aromatic N) is 1. The lowest BCUT2D eigenvalue weighted by atomic mass is 9.93. The number of nitro groups is 1. The van der Waals surface area contributed by atoms with Gasteiger partial charge in [0.1, 0.15) is 11.5 Å². The Morgan fingerprint density at radius 3 is 2.07 bits per heavy atom. The van der Waals surface area contributed by atoms with Crippen molar-refractivity contribution >= 4 is 27.2 Å². The number of fused-ring (bicyclic) bond motifs is 2. The predicted octanol–water partition coefficient (Wildman–Crippen LogP) is 6.37. The minimum Gasteiger partial charge on any atom is -0.494 e. The predicted molar refractivity (Wildman–Crippen MR) is 116 cm³/mol. The molecular weight excluding hydrogens is 366 g/mol. The van der Waals surface area contributed by atoms with Gasteiger partial charge in [0.2, 0.25) is 0 Å². The second-order valence-corrected chi connectivity index (χ2v) is 6.66. The standard InChI is InChI=1S/C24H21NO4/c1-3-28-17-12-16-8-5-6-9-19(16)21(13-17)22-14-18(29-4-2)15-23-20(22)10-7-11-24(23)25(26)27/h5-15H,3-4H2,1-2H3. The molecule has 5 heteroatoms. The lowest BCUT2D eigenvalue weighted by Gasteiger charge is -2.15. The van der Waals surface area contributed by atoms with Gasteiger partial charge >= 0.3 is 0 Å².